The van der Waals surface area contributed by atoms with Crippen LogP contribution in [0.3, 0.4) is 0 Å². The van der Waals surface area contributed by atoms with E-state index >= 15 is 0 Å². The Bertz CT molecular complexity index is 564. The minimum atomic E-state index is -3.40. The van der Waals surface area contributed by atoms with E-state index < -0.39 is 10.0 Å². The molecule has 1 aromatic carbocycles. The van der Waals surface area contributed by atoms with E-state index in [9.17, 15) is 8.42 Å². The molecular formula is C16H26N2O2S. The van der Waals surface area contributed by atoms with Crippen molar-refractivity contribution in [1.29, 1.82) is 0 Å². The smallest absolute Gasteiger partial charge is 0.240 e. The minimum absolute atomic E-state index is 0.413. The zero-order chi connectivity index (χ0) is 15.3. The van der Waals surface area contributed by atoms with Crippen LogP contribution in [0.2, 0.25) is 0 Å². The summed E-state index contributed by atoms with van der Waals surface area (Å²) in [7, 11) is -3.40. The average Bonchev–Trinajstić information content (AvgIpc) is 2.97. The van der Waals surface area contributed by atoms with E-state index in [-0.39, 0.29) is 0 Å². The van der Waals surface area contributed by atoms with E-state index in [2.05, 4.69) is 10.0 Å². The van der Waals surface area contributed by atoms with Crippen LogP contribution in [-0.2, 0) is 16.6 Å². The molecule has 0 unspecified atom stereocenters. The summed E-state index contributed by atoms with van der Waals surface area (Å²) in [5.74, 6) is 0.505. The van der Waals surface area contributed by atoms with Crippen molar-refractivity contribution in [2.45, 2.75) is 51.0 Å². The predicted molar refractivity (Wildman–Crippen MR) is 85.7 cm³/mol. The first-order chi connectivity index (χ1) is 10.0. The molecule has 4 nitrogen and oxygen atoms in total. The van der Waals surface area contributed by atoms with Gasteiger partial charge in [0.15, 0.2) is 0 Å². The van der Waals surface area contributed by atoms with Gasteiger partial charge in [-0.15, -0.1) is 0 Å². The van der Waals surface area contributed by atoms with Crippen LogP contribution in [0.1, 0.15) is 43.7 Å². The summed E-state index contributed by atoms with van der Waals surface area (Å²) < 4.78 is 27.8. The third-order valence-electron chi connectivity index (χ3n) is 4.16. The minimum Gasteiger partial charge on any atom is -0.313 e. The fourth-order valence-electron chi connectivity index (χ4n) is 2.83. The molecule has 0 aromatic heterocycles. The average molecular weight is 310 g/mol. The monoisotopic (exact) mass is 310 g/mol. The SMILES string of the molecule is CCNCc1ccc(C)c(S(=O)(=O)NCC2CCCC2)c1. The van der Waals surface area contributed by atoms with Gasteiger partial charge in [0, 0.05) is 13.1 Å². The zero-order valence-electron chi connectivity index (χ0n) is 13.0. The Morgan fingerprint density at radius 1 is 1.24 bits per heavy atom. The van der Waals surface area contributed by atoms with E-state index in [1.807, 2.05) is 26.0 Å². The second-order valence-corrected chi connectivity index (χ2v) is 7.62. The highest BCUT2D eigenvalue weighted by Crippen LogP contribution is 2.24. The molecular weight excluding hydrogens is 284 g/mol. The molecule has 2 rings (SSSR count). The summed E-state index contributed by atoms with van der Waals surface area (Å²) in [5.41, 5.74) is 1.80. The first-order valence-electron chi connectivity index (χ1n) is 7.83. The Hall–Kier alpha value is -0.910. The van der Waals surface area contributed by atoms with Crippen LogP contribution in [0, 0.1) is 12.8 Å². The van der Waals surface area contributed by atoms with Crippen molar-refractivity contribution in [3.63, 3.8) is 0 Å². The standard InChI is InChI=1S/C16H26N2O2S/c1-3-17-11-15-9-8-13(2)16(10-15)21(19,20)18-12-14-6-4-5-7-14/h8-10,14,17-18H,3-7,11-12H2,1-2H3. The molecule has 0 aliphatic heterocycles. The van der Waals surface area contributed by atoms with Gasteiger partial charge in [-0.3, -0.25) is 0 Å². The summed E-state index contributed by atoms with van der Waals surface area (Å²) in [4.78, 5) is 0.413. The van der Waals surface area contributed by atoms with Crippen LogP contribution in [-0.4, -0.2) is 21.5 Å². The summed E-state index contributed by atoms with van der Waals surface area (Å²) >= 11 is 0. The lowest BCUT2D eigenvalue weighted by atomic mass is 10.1. The van der Waals surface area contributed by atoms with Crippen LogP contribution in [0.15, 0.2) is 23.1 Å². The van der Waals surface area contributed by atoms with Gasteiger partial charge in [-0.2, -0.15) is 0 Å². The van der Waals surface area contributed by atoms with Crippen LogP contribution in [0.25, 0.3) is 0 Å². The number of nitrogens with one attached hydrogen (secondary N) is 2. The molecule has 5 heteroatoms. The summed E-state index contributed by atoms with van der Waals surface area (Å²) in [6.45, 7) is 6.02. The summed E-state index contributed by atoms with van der Waals surface area (Å²) in [6, 6.07) is 5.65. The van der Waals surface area contributed by atoms with E-state index in [0.717, 1.165) is 30.5 Å². The first kappa shape index (κ1) is 16.5. The molecule has 0 amide bonds. The fourth-order valence-corrected chi connectivity index (χ4v) is 4.24. The Kier molecular flexibility index (Phi) is 5.79. The lowest BCUT2D eigenvalue weighted by Gasteiger charge is -2.14. The van der Waals surface area contributed by atoms with E-state index in [0.29, 0.717) is 23.9 Å². The maximum Gasteiger partial charge on any atom is 0.240 e. The van der Waals surface area contributed by atoms with Crippen molar-refractivity contribution < 1.29 is 8.42 Å². The Balaban J connectivity index is 2.09. The van der Waals surface area contributed by atoms with Crippen LogP contribution in [0.4, 0.5) is 0 Å². The van der Waals surface area contributed by atoms with Gasteiger partial charge in [-0.05, 0) is 49.4 Å². The van der Waals surface area contributed by atoms with Gasteiger partial charge in [0.05, 0.1) is 4.90 Å². The largest absolute Gasteiger partial charge is 0.313 e. The predicted octanol–water partition coefficient (Wildman–Crippen LogP) is 2.57. The van der Waals surface area contributed by atoms with Gasteiger partial charge in [0.2, 0.25) is 10.0 Å². The zero-order valence-corrected chi connectivity index (χ0v) is 13.8. The van der Waals surface area contributed by atoms with Crippen molar-refractivity contribution in [2.24, 2.45) is 5.92 Å². The second kappa shape index (κ2) is 7.38. The quantitative estimate of drug-likeness (QED) is 0.814. The van der Waals surface area contributed by atoms with Gasteiger partial charge < -0.3 is 5.32 Å². The molecule has 0 saturated heterocycles. The van der Waals surface area contributed by atoms with Crippen molar-refractivity contribution in [3.8, 4) is 0 Å². The third kappa shape index (κ3) is 4.53. The first-order valence-corrected chi connectivity index (χ1v) is 9.31. The second-order valence-electron chi connectivity index (χ2n) is 5.88. The van der Waals surface area contributed by atoms with Gasteiger partial charge >= 0.3 is 0 Å². The molecule has 2 N–H and O–H groups in total. The highest BCUT2D eigenvalue weighted by atomic mass is 32.2. The number of rotatable bonds is 7. The molecule has 0 atom stereocenters. The maximum atomic E-state index is 12.5. The van der Waals surface area contributed by atoms with Crippen molar-refractivity contribution in [1.82, 2.24) is 10.0 Å². The fraction of sp³-hybridized carbons (Fsp3) is 0.625. The van der Waals surface area contributed by atoms with Crippen molar-refractivity contribution in [2.75, 3.05) is 13.1 Å². The topological polar surface area (TPSA) is 58.2 Å². The lowest BCUT2D eigenvalue weighted by Crippen LogP contribution is -2.29. The Labute approximate surface area is 128 Å². The molecule has 0 heterocycles. The summed E-state index contributed by atoms with van der Waals surface area (Å²) in [6.07, 6.45) is 4.73. The van der Waals surface area contributed by atoms with Gasteiger partial charge in [-0.1, -0.05) is 31.9 Å². The highest BCUT2D eigenvalue weighted by molar-refractivity contribution is 7.89. The van der Waals surface area contributed by atoms with Crippen LogP contribution in [0.5, 0.6) is 0 Å². The molecule has 1 saturated carbocycles. The van der Waals surface area contributed by atoms with Gasteiger partial charge in [0.1, 0.15) is 0 Å². The maximum absolute atomic E-state index is 12.5. The molecule has 1 fully saturated rings. The van der Waals surface area contributed by atoms with Crippen molar-refractivity contribution in [3.05, 3.63) is 29.3 Å². The molecule has 118 valence electrons. The normalized spacial score (nSPS) is 16.5. The highest BCUT2D eigenvalue weighted by Gasteiger charge is 2.21. The molecule has 0 spiro atoms. The lowest BCUT2D eigenvalue weighted by molar-refractivity contribution is 0.519. The number of benzene rings is 1. The number of sulfonamides is 1. The third-order valence-corrected chi connectivity index (χ3v) is 5.72. The van der Waals surface area contributed by atoms with Gasteiger partial charge in [0.25, 0.3) is 0 Å². The Morgan fingerprint density at radius 3 is 2.62 bits per heavy atom. The van der Waals surface area contributed by atoms with Gasteiger partial charge in [-0.25, -0.2) is 13.1 Å². The van der Waals surface area contributed by atoms with E-state index in [1.54, 1.807) is 6.07 Å². The molecule has 1 aliphatic carbocycles. The van der Waals surface area contributed by atoms with Crippen molar-refractivity contribution >= 4 is 10.0 Å². The number of aryl methyl sites for hydroxylation is 1. The molecule has 1 aliphatic rings. The van der Waals surface area contributed by atoms with E-state index in [4.69, 9.17) is 0 Å². The molecule has 0 bridgehead atoms. The van der Waals surface area contributed by atoms with Crippen LogP contribution >= 0.6 is 0 Å². The number of hydrogen-bond donors (Lipinski definition) is 2. The molecule has 1 aromatic rings. The van der Waals surface area contributed by atoms with E-state index in [1.165, 1.54) is 12.8 Å². The van der Waals surface area contributed by atoms with Crippen LogP contribution < -0.4 is 10.0 Å². The summed E-state index contributed by atoms with van der Waals surface area (Å²) in [5, 5.41) is 3.22. The Morgan fingerprint density at radius 2 is 1.95 bits per heavy atom. The molecule has 21 heavy (non-hydrogen) atoms. The molecule has 0 radical (unpaired) electrons. The number of hydrogen-bond acceptors (Lipinski definition) is 3.